The van der Waals surface area contributed by atoms with E-state index in [1.165, 1.54) is 0 Å². The van der Waals surface area contributed by atoms with Crippen LogP contribution in [-0.4, -0.2) is 11.5 Å². The average molecular weight is 271 g/mol. The van der Waals surface area contributed by atoms with Crippen molar-refractivity contribution in [3.63, 3.8) is 0 Å². The molecular weight excluding hydrogens is 263 g/mol. The first kappa shape index (κ1) is 13.1. The summed E-state index contributed by atoms with van der Waals surface area (Å²) < 4.78 is 44.6. The number of nitrogens with zero attached hydrogens (tertiary/aromatic N) is 1. The van der Waals surface area contributed by atoms with Crippen molar-refractivity contribution in [3.05, 3.63) is 63.1 Å². The van der Waals surface area contributed by atoms with E-state index < -0.39 is 39.4 Å². The summed E-state index contributed by atoms with van der Waals surface area (Å²) in [6.45, 7) is 3.50. The smallest absolute Gasteiger partial charge is 0.292 e. The average Bonchev–Trinajstić information content (AvgIpc) is 2.37. The van der Waals surface area contributed by atoms with E-state index in [0.717, 1.165) is 6.07 Å². The van der Waals surface area contributed by atoms with E-state index in [-0.39, 0.29) is 13.0 Å². The molecule has 1 aliphatic heterocycles. The van der Waals surface area contributed by atoms with Gasteiger partial charge in [0.1, 0.15) is 6.61 Å². The monoisotopic (exact) mass is 271 g/mol. The number of rotatable bonds is 2. The molecule has 0 fully saturated rings. The molecule has 0 aliphatic carbocycles. The van der Waals surface area contributed by atoms with E-state index in [4.69, 9.17) is 4.74 Å². The Morgan fingerprint density at radius 3 is 2.58 bits per heavy atom. The largest absolute Gasteiger partial charge is 0.482 e. The van der Waals surface area contributed by atoms with E-state index in [1.807, 2.05) is 0 Å². The maximum Gasteiger partial charge on any atom is 0.292 e. The van der Waals surface area contributed by atoms with Crippen molar-refractivity contribution in [1.29, 1.82) is 0 Å². The Morgan fingerprint density at radius 1 is 1.26 bits per heavy atom. The van der Waals surface area contributed by atoms with Crippen LogP contribution in [0.1, 0.15) is 12.0 Å². The first-order chi connectivity index (χ1) is 8.91. The van der Waals surface area contributed by atoms with Crippen LogP contribution in [0.15, 0.2) is 30.0 Å². The summed E-state index contributed by atoms with van der Waals surface area (Å²) in [5.41, 5.74) is -0.460. The Morgan fingerprint density at radius 2 is 1.95 bits per heavy atom. The minimum absolute atomic E-state index is 0.0366. The molecule has 0 atom stereocenters. The van der Waals surface area contributed by atoms with Gasteiger partial charge < -0.3 is 4.74 Å². The molecule has 0 saturated carbocycles. The van der Waals surface area contributed by atoms with Gasteiger partial charge in [0.15, 0.2) is 17.5 Å². The molecule has 1 aromatic rings. The third-order valence-electron chi connectivity index (χ3n) is 2.60. The van der Waals surface area contributed by atoms with E-state index >= 15 is 0 Å². The van der Waals surface area contributed by atoms with Crippen molar-refractivity contribution < 1.29 is 22.8 Å². The highest BCUT2D eigenvalue weighted by Crippen LogP contribution is 2.32. The zero-order valence-electron chi connectivity index (χ0n) is 9.58. The highest BCUT2D eigenvalue weighted by atomic mass is 19.2. The summed E-state index contributed by atoms with van der Waals surface area (Å²) in [5.74, 6) is -4.97. The van der Waals surface area contributed by atoms with Gasteiger partial charge in [-0.3, -0.25) is 10.1 Å². The number of halogens is 3. The molecule has 100 valence electrons. The molecule has 2 rings (SSSR count). The molecule has 0 bridgehead atoms. The zero-order chi connectivity index (χ0) is 14.2. The maximum absolute atomic E-state index is 13.6. The van der Waals surface area contributed by atoms with Gasteiger partial charge in [0.05, 0.1) is 16.9 Å². The Balaban J connectivity index is 2.62. The fourth-order valence-electron chi connectivity index (χ4n) is 1.71. The second-order valence-corrected chi connectivity index (χ2v) is 3.97. The predicted molar refractivity (Wildman–Crippen MR) is 59.9 cm³/mol. The Hall–Kier alpha value is -2.31. The van der Waals surface area contributed by atoms with E-state index in [9.17, 15) is 23.3 Å². The van der Waals surface area contributed by atoms with Crippen LogP contribution < -0.4 is 0 Å². The molecule has 0 amide bonds. The zero-order valence-corrected chi connectivity index (χ0v) is 9.58. The van der Waals surface area contributed by atoms with Crippen molar-refractivity contribution in [2.45, 2.75) is 6.42 Å². The summed E-state index contributed by atoms with van der Waals surface area (Å²) >= 11 is 0. The van der Waals surface area contributed by atoms with Gasteiger partial charge in [-0.2, -0.15) is 0 Å². The molecule has 19 heavy (non-hydrogen) atoms. The maximum atomic E-state index is 13.6. The lowest BCUT2D eigenvalue weighted by Gasteiger charge is -2.18. The van der Waals surface area contributed by atoms with Crippen molar-refractivity contribution in [2.24, 2.45) is 0 Å². The lowest BCUT2D eigenvalue weighted by Crippen LogP contribution is -2.15. The molecule has 0 unspecified atom stereocenters. The van der Waals surface area contributed by atoms with Crippen LogP contribution in [0.5, 0.6) is 0 Å². The van der Waals surface area contributed by atoms with Crippen LogP contribution in [0.4, 0.5) is 13.2 Å². The van der Waals surface area contributed by atoms with Crippen molar-refractivity contribution in [3.8, 4) is 0 Å². The van der Waals surface area contributed by atoms with E-state index in [1.54, 1.807) is 0 Å². The first-order valence-electron chi connectivity index (χ1n) is 5.22. The van der Waals surface area contributed by atoms with Gasteiger partial charge in [-0.25, -0.2) is 13.2 Å². The standard InChI is InChI=1S/C12H8F3NO3/c1-6-4-9(16(17)18)12(19-5-6)7-2-3-8(13)11(15)10(7)14/h2-3H,1,4-5H2. The second kappa shape index (κ2) is 4.75. The molecule has 0 saturated heterocycles. The fraction of sp³-hybridized carbons (Fsp3) is 0.167. The van der Waals surface area contributed by atoms with Crippen molar-refractivity contribution >= 4 is 5.76 Å². The van der Waals surface area contributed by atoms with Gasteiger partial charge in [-0.1, -0.05) is 6.58 Å². The van der Waals surface area contributed by atoms with E-state index in [0.29, 0.717) is 11.6 Å². The Labute approximate surface area is 105 Å². The van der Waals surface area contributed by atoms with Crippen LogP contribution in [0, 0.1) is 27.6 Å². The minimum Gasteiger partial charge on any atom is -0.482 e. The van der Waals surface area contributed by atoms with Gasteiger partial charge in [0, 0.05) is 0 Å². The van der Waals surface area contributed by atoms with Crippen molar-refractivity contribution in [2.75, 3.05) is 6.61 Å². The van der Waals surface area contributed by atoms with Crippen LogP contribution in [-0.2, 0) is 4.74 Å². The van der Waals surface area contributed by atoms with Crippen LogP contribution in [0.2, 0.25) is 0 Å². The highest BCUT2D eigenvalue weighted by molar-refractivity contribution is 5.64. The van der Waals surface area contributed by atoms with Crippen LogP contribution >= 0.6 is 0 Å². The SMILES string of the molecule is C=C1COC(c2ccc(F)c(F)c2F)=C([N+](=O)[O-])C1. The lowest BCUT2D eigenvalue weighted by molar-refractivity contribution is -0.428. The number of hydrogen-bond donors (Lipinski definition) is 0. The van der Waals surface area contributed by atoms with Gasteiger partial charge in [0.2, 0.25) is 5.76 Å². The fourth-order valence-corrected chi connectivity index (χ4v) is 1.71. The molecule has 0 spiro atoms. The lowest BCUT2D eigenvalue weighted by atomic mass is 10.0. The van der Waals surface area contributed by atoms with Gasteiger partial charge in [-0.05, 0) is 17.7 Å². The topological polar surface area (TPSA) is 52.4 Å². The first-order valence-corrected chi connectivity index (χ1v) is 5.22. The summed E-state index contributed by atoms with van der Waals surface area (Å²) in [4.78, 5) is 10.1. The quantitative estimate of drug-likeness (QED) is 0.359. The number of nitro groups is 1. The number of ether oxygens (including phenoxy) is 1. The third-order valence-corrected chi connectivity index (χ3v) is 2.60. The second-order valence-electron chi connectivity index (χ2n) is 3.97. The summed E-state index contributed by atoms with van der Waals surface area (Å²) in [5, 5.41) is 10.9. The molecule has 1 aliphatic rings. The molecule has 7 heteroatoms. The minimum atomic E-state index is -1.69. The van der Waals surface area contributed by atoms with Crippen molar-refractivity contribution in [1.82, 2.24) is 0 Å². The third kappa shape index (κ3) is 2.31. The van der Waals surface area contributed by atoms with Gasteiger partial charge in [0.25, 0.3) is 5.70 Å². The van der Waals surface area contributed by atoms with Crippen LogP contribution in [0.25, 0.3) is 5.76 Å². The molecular formula is C12H8F3NO3. The normalized spacial score (nSPS) is 15.4. The van der Waals surface area contributed by atoms with Crippen LogP contribution in [0.3, 0.4) is 0 Å². The molecule has 0 N–H and O–H groups in total. The van der Waals surface area contributed by atoms with E-state index in [2.05, 4.69) is 6.58 Å². The Kier molecular flexibility index (Phi) is 3.28. The summed E-state index contributed by atoms with van der Waals surface area (Å²) in [6.07, 6.45) is -0.110. The molecule has 1 heterocycles. The molecule has 0 aromatic heterocycles. The number of allylic oxidation sites excluding steroid dienone is 1. The highest BCUT2D eigenvalue weighted by Gasteiger charge is 2.30. The number of hydrogen-bond acceptors (Lipinski definition) is 3. The van der Waals surface area contributed by atoms with Gasteiger partial charge >= 0.3 is 0 Å². The number of benzene rings is 1. The molecule has 4 nitrogen and oxygen atoms in total. The summed E-state index contributed by atoms with van der Waals surface area (Å²) in [7, 11) is 0. The molecule has 0 radical (unpaired) electrons. The molecule has 1 aromatic carbocycles. The summed E-state index contributed by atoms with van der Waals surface area (Å²) in [6, 6.07) is 1.59. The predicted octanol–water partition coefficient (Wildman–Crippen LogP) is 3.03. The van der Waals surface area contributed by atoms with Gasteiger partial charge in [-0.15, -0.1) is 0 Å². The Bertz CT molecular complexity index is 610.